The average molecular weight is 526 g/mol. The number of aliphatic imine (C=N–C) groups is 1. The number of nitrogens with zero attached hydrogens (tertiary/aromatic N) is 1. The van der Waals surface area contributed by atoms with Gasteiger partial charge in [0.05, 0.1) is 6.04 Å². The first-order chi connectivity index (χ1) is 14.5. The third-order valence-corrected chi connectivity index (χ3v) is 9.00. The molecular weight excluding hydrogens is 492 g/mol. The maximum absolute atomic E-state index is 11.3. The van der Waals surface area contributed by atoms with E-state index in [9.17, 15) is 5.11 Å². The summed E-state index contributed by atoms with van der Waals surface area (Å²) in [5.74, 6) is 4.99. The van der Waals surface area contributed by atoms with Gasteiger partial charge in [0.25, 0.3) is 0 Å². The minimum atomic E-state index is -0.826. The van der Waals surface area contributed by atoms with Gasteiger partial charge in [0.15, 0.2) is 0 Å². The number of phenols is 1. The van der Waals surface area contributed by atoms with Crippen molar-refractivity contribution >= 4 is 23.2 Å². The summed E-state index contributed by atoms with van der Waals surface area (Å²) in [7, 11) is 9.87. The van der Waals surface area contributed by atoms with Crippen molar-refractivity contribution in [2.24, 2.45) is 34.6 Å². The molecule has 3 atom stereocenters. The molecule has 7 rings (SSSR count). The number of benzene rings is 1. The molecule has 6 aliphatic carbocycles. The van der Waals surface area contributed by atoms with Gasteiger partial charge in [-0.25, -0.2) is 0 Å². The molecule has 3 unspecified atom stereocenters. The topological polar surface area (TPSA) is 32.6 Å². The van der Waals surface area contributed by atoms with E-state index in [1.807, 2.05) is 6.21 Å². The van der Waals surface area contributed by atoms with Crippen LogP contribution in [0, 0.1) is 36.5 Å². The molecule has 0 heterocycles. The van der Waals surface area contributed by atoms with Gasteiger partial charge in [0, 0.05) is 17.3 Å². The van der Waals surface area contributed by atoms with Crippen LogP contribution in [0.3, 0.4) is 0 Å². The third kappa shape index (κ3) is 4.10. The fourth-order valence-corrected chi connectivity index (χ4v) is 8.32. The monoisotopic (exact) mass is 523 g/mol. The molecule has 6 bridgehead atoms. The Labute approximate surface area is 199 Å². The minimum absolute atomic E-state index is 0.250. The predicted molar refractivity (Wildman–Crippen MR) is 121 cm³/mol. The van der Waals surface area contributed by atoms with Crippen molar-refractivity contribution in [1.29, 1.82) is 0 Å². The Bertz CT molecular complexity index is 790. The Balaban J connectivity index is 0.000000609. The standard InChI is InChI=1S/C25H33NO.2ClH.Zr/c1-15-4-21(14-26-23-10-16-2-3-20(23)9-16)24(27)22(5-15)25-11-17-6-18(12-25)8-19(7-17)13-25;;;/h4-5,14,16-20,23,27H,2-3,6-13H2,1H3;2*1H;/q;;;+2/p-2. The summed E-state index contributed by atoms with van der Waals surface area (Å²) in [6.45, 7) is 2.19. The first-order valence-electron chi connectivity index (χ1n) is 11.8. The van der Waals surface area contributed by atoms with Gasteiger partial charge in [-0.1, -0.05) is 12.5 Å². The summed E-state index contributed by atoms with van der Waals surface area (Å²) >= 11 is -0.826. The van der Waals surface area contributed by atoms with Gasteiger partial charge in [-0.15, -0.1) is 0 Å². The van der Waals surface area contributed by atoms with Crippen molar-refractivity contribution in [2.75, 3.05) is 0 Å². The molecule has 6 aliphatic rings. The second-order valence-corrected chi connectivity index (χ2v) is 14.8. The van der Waals surface area contributed by atoms with E-state index in [4.69, 9.17) is 22.0 Å². The molecule has 30 heavy (non-hydrogen) atoms. The number of fused-ring (bicyclic) bond motifs is 2. The van der Waals surface area contributed by atoms with Crippen molar-refractivity contribution < 1.29 is 26.0 Å². The molecule has 5 heteroatoms. The summed E-state index contributed by atoms with van der Waals surface area (Å²) < 4.78 is 0. The Morgan fingerprint density at radius 1 is 0.967 bits per heavy atom. The normalized spacial score (nSPS) is 40.6. The molecule has 1 aromatic carbocycles. The van der Waals surface area contributed by atoms with Crippen molar-refractivity contribution in [2.45, 2.75) is 82.6 Å². The van der Waals surface area contributed by atoms with Crippen molar-refractivity contribution in [3.63, 3.8) is 0 Å². The molecule has 162 valence electrons. The van der Waals surface area contributed by atoms with Crippen LogP contribution in [0.2, 0.25) is 0 Å². The molecule has 2 nitrogen and oxygen atoms in total. The zero-order chi connectivity index (χ0) is 20.9. The van der Waals surface area contributed by atoms with Crippen LogP contribution in [-0.4, -0.2) is 17.4 Å². The maximum atomic E-state index is 11.3. The molecule has 0 aromatic heterocycles. The number of aryl methyl sites for hydroxylation is 1. The summed E-state index contributed by atoms with van der Waals surface area (Å²) in [6.07, 6.45) is 15.7. The van der Waals surface area contributed by atoms with Gasteiger partial charge in [-0.2, -0.15) is 0 Å². The van der Waals surface area contributed by atoms with Crippen LogP contribution in [-0.2, 0) is 26.3 Å². The number of aromatic hydroxyl groups is 1. The summed E-state index contributed by atoms with van der Waals surface area (Å²) in [4.78, 5) is 4.98. The van der Waals surface area contributed by atoms with Crippen molar-refractivity contribution in [3.05, 3.63) is 28.8 Å². The summed E-state index contributed by atoms with van der Waals surface area (Å²) in [5, 5.41) is 11.3. The predicted octanol–water partition coefficient (Wildman–Crippen LogP) is 7.15. The number of hydrogen-bond donors (Lipinski definition) is 1. The first kappa shape index (κ1) is 22.0. The van der Waals surface area contributed by atoms with E-state index < -0.39 is 20.8 Å². The second-order valence-electron chi connectivity index (χ2n) is 11.0. The van der Waals surface area contributed by atoms with E-state index in [1.165, 1.54) is 75.3 Å². The Morgan fingerprint density at radius 3 is 2.13 bits per heavy atom. The zero-order valence-corrected chi connectivity index (χ0v) is 21.9. The van der Waals surface area contributed by atoms with E-state index in [-0.39, 0.29) is 5.41 Å². The van der Waals surface area contributed by atoms with E-state index in [2.05, 4.69) is 19.1 Å². The van der Waals surface area contributed by atoms with Crippen LogP contribution in [0.5, 0.6) is 5.75 Å². The van der Waals surface area contributed by atoms with E-state index in [0.29, 0.717) is 11.8 Å². The molecule has 6 saturated carbocycles. The molecule has 1 N–H and O–H groups in total. The SMILES string of the molecule is Cc1cc(C=NC2CC3CCC2C3)c(O)c(C23CC4CC(CC(C4)C2)C3)c1.[Cl][Zr][Cl]. The third-order valence-electron chi connectivity index (χ3n) is 9.00. The molecule has 0 radical (unpaired) electrons. The second kappa shape index (κ2) is 8.83. The van der Waals surface area contributed by atoms with Gasteiger partial charge in [0.2, 0.25) is 0 Å². The van der Waals surface area contributed by atoms with Crippen molar-refractivity contribution in [1.82, 2.24) is 0 Å². The van der Waals surface area contributed by atoms with Crippen LogP contribution < -0.4 is 0 Å². The summed E-state index contributed by atoms with van der Waals surface area (Å²) in [5.41, 5.74) is 3.77. The quantitative estimate of drug-likeness (QED) is 0.418. The average Bonchev–Trinajstić information content (AvgIpc) is 3.31. The Kier molecular flexibility index (Phi) is 6.47. The van der Waals surface area contributed by atoms with Gasteiger partial charge in [-0.3, -0.25) is 4.99 Å². The van der Waals surface area contributed by atoms with E-state index in [1.54, 1.807) is 0 Å². The number of hydrogen-bond acceptors (Lipinski definition) is 2. The summed E-state index contributed by atoms with van der Waals surface area (Å²) in [6, 6.07) is 4.96. The van der Waals surface area contributed by atoms with Gasteiger partial charge < -0.3 is 5.11 Å². The van der Waals surface area contributed by atoms with E-state index in [0.717, 1.165) is 35.2 Å². The van der Waals surface area contributed by atoms with Gasteiger partial charge in [0.1, 0.15) is 5.75 Å². The van der Waals surface area contributed by atoms with Gasteiger partial charge >= 0.3 is 37.9 Å². The fourth-order valence-electron chi connectivity index (χ4n) is 8.32. The van der Waals surface area contributed by atoms with Crippen molar-refractivity contribution in [3.8, 4) is 5.75 Å². The molecule has 1 aromatic rings. The Morgan fingerprint density at radius 2 is 1.60 bits per heavy atom. The van der Waals surface area contributed by atoms with E-state index >= 15 is 0 Å². The van der Waals surface area contributed by atoms with Crippen LogP contribution in [0.4, 0.5) is 0 Å². The molecule has 0 aliphatic heterocycles. The number of phenolic OH excluding ortho intramolecular Hbond substituents is 1. The molecule has 0 spiro atoms. The molecule has 6 fully saturated rings. The van der Waals surface area contributed by atoms with Crippen LogP contribution in [0.25, 0.3) is 0 Å². The fraction of sp³-hybridized carbons (Fsp3) is 0.720. The Hall–Kier alpha value is 0.153. The molecule has 0 amide bonds. The van der Waals surface area contributed by atoms with Crippen LogP contribution in [0.1, 0.15) is 80.9 Å². The van der Waals surface area contributed by atoms with Crippen LogP contribution >= 0.6 is 17.0 Å². The molecule has 0 saturated heterocycles. The number of rotatable bonds is 3. The zero-order valence-electron chi connectivity index (χ0n) is 17.9. The van der Waals surface area contributed by atoms with Crippen LogP contribution in [0.15, 0.2) is 17.1 Å². The molecular formula is C25H33Cl2NOZr. The first-order valence-corrected chi connectivity index (χ1v) is 18.2. The van der Waals surface area contributed by atoms with Gasteiger partial charge in [-0.05, 0) is 111 Å². The number of halogens is 2.